The van der Waals surface area contributed by atoms with E-state index in [1.54, 1.807) is 0 Å². The molecule has 2 N–H and O–H groups in total. The molecule has 2 aromatic rings. The lowest BCUT2D eigenvalue weighted by atomic mass is 10.2. The number of aromatic amines is 1. The van der Waals surface area contributed by atoms with Crippen LogP contribution in [0.3, 0.4) is 0 Å². The van der Waals surface area contributed by atoms with Gasteiger partial charge in [-0.3, -0.25) is 9.59 Å². The topological polar surface area (TPSA) is 84.1 Å². The van der Waals surface area contributed by atoms with E-state index in [1.165, 1.54) is 36.4 Å². The van der Waals surface area contributed by atoms with Crippen molar-refractivity contribution in [3.05, 3.63) is 58.0 Å². The average molecular weight is 327 g/mol. The van der Waals surface area contributed by atoms with E-state index in [-0.39, 0.29) is 18.0 Å². The van der Waals surface area contributed by atoms with E-state index < -0.39 is 24.2 Å². The number of amides is 1. The summed E-state index contributed by atoms with van der Waals surface area (Å²) in [5, 5.41) is 8.28. The number of aromatic nitrogens is 2. The fourth-order valence-corrected chi connectivity index (χ4v) is 1.61. The summed E-state index contributed by atoms with van der Waals surface area (Å²) in [7, 11) is 0. The molecule has 2 rings (SSSR count). The van der Waals surface area contributed by atoms with Crippen LogP contribution in [0.4, 0.5) is 13.2 Å². The molecule has 0 unspecified atom stereocenters. The molecule has 0 fully saturated rings. The van der Waals surface area contributed by atoms with Crippen molar-refractivity contribution in [1.29, 1.82) is 0 Å². The molecule has 0 aliphatic carbocycles. The average Bonchev–Trinajstić information content (AvgIpc) is 2.51. The van der Waals surface area contributed by atoms with Gasteiger partial charge in [-0.2, -0.15) is 18.3 Å². The maximum atomic E-state index is 12.0. The lowest BCUT2D eigenvalue weighted by Gasteiger charge is -2.10. The van der Waals surface area contributed by atoms with Crippen molar-refractivity contribution in [3.8, 4) is 5.75 Å². The summed E-state index contributed by atoms with van der Waals surface area (Å²) in [5.74, 6) is -0.404. The number of hydrogen-bond donors (Lipinski definition) is 2. The van der Waals surface area contributed by atoms with Crippen LogP contribution in [0.25, 0.3) is 0 Å². The monoisotopic (exact) mass is 327 g/mol. The minimum Gasteiger partial charge on any atom is -0.484 e. The quantitative estimate of drug-likeness (QED) is 0.874. The van der Waals surface area contributed by atoms with Crippen LogP contribution in [0.2, 0.25) is 0 Å². The largest absolute Gasteiger partial charge is 0.484 e. The van der Waals surface area contributed by atoms with Gasteiger partial charge in [0, 0.05) is 12.6 Å². The van der Waals surface area contributed by atoms with Gasteiger partial charge in [-0.25, -0.2) is 5.10 Å². The first kappa shape index (κ1) is 16.5. The second-order valence-corrected chi connectivity index (χ2v) is 4.54. The van der Waals surface area contributed by atoms with Crippen molar-refractivity contribution >= 4 is 5.91 Å². The van der Waals surface area contributed by atoms with E-state index >= 15 is 0 Å². The van der Waals surface area contributed by atoms with E-state index in [1.807, 2.05) is 0 Å². The molecule has 1 aromatic heterocycles. The van der Waals surface area contributed by atoms with Crippen LogP contribution in [0.5, 0.6) is 5.75 Å². The van der Waals surface area contributed by atoms with E-state index in [0.717, 1.165) is 0 Å². The summed E-state index contributed by atoms with van der Waals surface area (Å²) < 4.78 is 40.6. The first-order valence-corrected chi connectivity index (χ1v) is 6.46. The number of carbonyl (C=O) groups is 1. The van der Waals surface area contributed by atoms with Gasteiger partial charge >= 0.3 is 6.18 Å². The van der Waals surface area contributed by atoms with Crippen molar-refractivity contribution in [1.82, 2.24) is 15.5 Å². The molecule has 0 saturated carbocycles. The molecule has 1 aromatic carbocycles. The van der Waals surface area contributed by atoms with Crippen molar-refractivity contribution in [3.63, 3.8) is 0 Å². The highest BCUT2D eigenvalue weighted by Gasteiger charge is 2.28. The normalized spacial score (nSPS) is 11.1. The fourth-order valence-electron chi connectivity index (χ4n) is 1.61. The Labute approximate surface area is 128 Å². The third-order valence-electron chi connectivity index (χ3n) is 2.69. The third kappa shape index (κ3) is 5.46. The minimum atomic E-state index is -4.39. The molecule has 0 aliphatic rings. The smallest absolute Gasteiger partial charge is 0.422 e. The number of hydrogen-bond acceptors (Lipinski definition) is 4. The van der Waals surface area contributed by atoms with Crippen LogP contribution in [-0.4, -0.2) is 28.9 Å². The molecule has 0 radical (unpaired) electrons. The number of halogens is 3. The standard InChI is InChI=1S/C14H12F3N3O3/c15-14(16,17)8-23-10-3-1-9(2-4-10)7-18-13(22)11-5-6-12(21)20-19-11/h1-6H,7-8H2,(H,18,22)(H,20,21). The number of nitrogens with one attached hydrogen (secondary N) is 2. The van der Waals surface area contributed by atoms with Gasteiger partial charge in [0.2, 0.25) is 0 Å². The van der Waals surface area contributed by atoms with Crippen LogP contribution in [-0.2, 0) is 6.54 Å². The summed E-state index contributed by atoms with van der Waals surface area (Å²) >= 11 is 0. The minimum absolute atomic E-state index is 0.0507. The molecule has 0 atom stereocenters. The van der Waals surface area contributed by atoms with Gasteiger partial charge in [0.25, 0.3) is 11.5 Å². The Morgan fingerprint density at radius 2 is 1.87 bits per heavy atom. The fraction of sp³-hybridized carbons (Fsp3) is 0.214. The molecule has 122 valence electrons. The third-order valence-corrected chi connectivity index (χ3v) is 2.69. The summed E-state index contributed by atoms with van der Waals surface area (Å²) in [6.07, 6.45) is -4.39. The zero-order valence-corrected chi connectivity index (χ0v) is 11.7. The first-order valence-electron chi connectivity index (χ1n) is 6.46. The molecule has 9 heteroatoms. The van der Waals surface area contributed by atoms with Gasteiger partial charge in [0.1, 0.15) is 11.4 Å². The zero-order valence-electron chi connectivity index (χ0n) is 11.7. The van der Waals surface area contributed by atoms with Crippen molar-refractivity contribution in [2.75, 3.05) is 6.61 Å². The summed E-state index contributed by atoms with van der Waals surface area (Å²) in [5.41, 5.74) is 0.299. The van der Waals surface area contributed by atoms with Crippen LogP contribution >= 0.6 is 0 Å². The van der Waals surface area contributed by atoms with Crippen LogP contribution < -0.4 is 15.6 Å². The van der Waals surface area contributed by atoms with Crippen LogP contribution in [0.1, 0.15) is 16.1 Å². The molecule has 0 bridgehead atoms. The van der Waals surface area contributed by atoms with Gasteiger partial charge in [0.05, 0.1) is 0 Å². The number of nitrogens with zero attached hydrogens (tertiary/aromatic N) is 1. The van der Waals surface area contributed by atoms with E-state index in [0.29, 0.717) is 5.56 Å². The Bertz CT molecular complexity index is 706. The second kappa shape index (κ2) is 6.95. The van der Waals surface area contributed by atoms with Gasteiger partial charge in [-0.1, -0.05) is 12.1 Å². The Morgan fingerprint density at radius 3 is 2.43 bits per heavy atom. The second-order valence-electron chi connectivity index (χ2n) is 4.54. The zero-order chi connectivity index (χ0) is 16.9. The van der Waals surface area contributed by atoms with E-state index in [9.17, 15) is 22.8 Å². The van der Waals surface area contributed by atoms with Crippen molar-refractivity contribution in [2.45, 2.75) is 12.7 Å². The van der Waals surface area contributed by atoms with Crippen LogP contribution in [0.15, 0.2) is 41.2 Å². The molecule has 1 heterocycles. The van der Waals surface area contributed by atoms with Gasteiger partial charge in [0.15, 0.2) is 6.61 Å². The number of rotatable bonds is 5. The molecule has 1 amide bonds. The highest BCUT2D eigenvalue weighted by Crippen LogP contribution is 2.18. The summed E-state index contributed by atoms with van der Waals surface area (Å²) in [6.45, 7) is -1.21. The number of H-pyrrole nitrogens is 1. The Kier molecular flexibility index (Phi) is 4.99. The highest BCUT2D eigenvalue weighted by molar-refractivity contribution is 5.91. The van der Waals surface area contributed by atoms with Gasteiger partial charge in [-0.15, -0.1) is 0 Å². The summed E-state index contributed by atoms with van der Waals surface area (Å²) in [6, 6.07) is 8.28. The van der Waals surface area contributed by atoms with Crippen molar-refractivity contribution < 1.29 is 22.7 Å². The molecular weight excluding hydrogens is 315 g/mol. The lowest BCUT2D eigenvalue weighted by Crippen LogP contribution is -2.25. The molecule has 0 saturated heterocycles. The van der Waals surface area contributed by atoms with Gasteiger partial charge < -0.3 is 10.1 Å². The van der Waals surface area contributed by atoms with E-state index in [2.05, 4.69) is 20.3 Å². The molecule has 23 heavy (non-hydrogen) atoms. The maximum absolute atomic E-state index is 12.0. The molecule has 6 nitrogen and oxygen atoms in total. The van der Waals surface area contributed by atoms with E-state index in [4.69, 9.17) is 0 Å². The Balaban J connectivity index is 1.87. The first-order chi connectivity index (χ1) is 10.8. The van der Waals surface area contributed by atoms with Gasteiger partial charge in [-0.05, 0) is 23.8 Å². The molecular formula is C14H12F3N3O3. The maximum Gasteiger partial charge on any atom is 0.422 e. The van der Waals surface area contributed by atoms with Crippen molar-refractivity contribution in [2.24, 2.45) is 0 Å². The number of alkyl halides is 3. The number of benzene rings is 1. The molecule has 0 aliphatic heterocycles. The molecule has 0 spiro atoms. The van der Waals surface area contributed by atoms with Crippen LogP contribution in [0, 0.1) is 0 Å². The predicted molar refractivity (Wildman–Crippen MR) is 74.0 cm³/mol. The number of carbonyl (C=O) groups excluding carboxylic acids is 1. The lowest BCUT2D eigenvalue weighted by molar-refractivity contribution is -0.153. The Morgan fingerprint density at radius 1 is 1.17 bits per heavy atom. The summed E-state index contributed by atoms with van der Waals surface area (Å²) in [4.78, 5) is 22.6. The SMILES string of the molecule is O=C(NCc1ccc(OCC(F)(F)F)cc1)c1ccc(=O)[nH]n1. The number of ether oxygens (including phenoxy) is 1. The Hall–Kier alpha value is -2.84. The predicted octanol–water partition coefficient (Wildman–Crippen LogP) is 1.64. The highest BCUT2D eigenvalue weighted by atomic mass is 19.4.